The number of aromatic nitrogens is 3. The van der Waals surface area contributed by atoms with Crippen molar-refractivity contribution < 1.29 is 14.0 Å². The van der Waals surface area contributed by atoms with E-state index in [9.17, 15) is 9.59 Å². The number of nitrogens with one attached hydrogen (secondary N) is 1. The molecule has 0 radical (unpaired) electrons. The van der Waals surface area contributed by atoms with E-state index < -0.39 is 11.2 Å². The fourth-order valence-corrected chi connectivity index (χ4v) is 8.16. The smallest absolute Gasteiger partial charge is 0.237 e. The van der Waals surface area contributed by atoms with E-state index >= 15 is 4.39 Å². The Labute approximate surface area is 351 Å². The minimum Gasteiger partial charge on any atom is -0.336 e. The van der Waals surface area contributed by atoms with Crippen LogP contribution in [0.2, 0.25) is 0 Å². The summed E-state index contributed by atoms with van der Waals surface area (Å²) in [7, 11) is 0. The van der Waals surface area contributed by atoms with Crippen molar-refractivity contribution in [3.05, 3.63) is 72.0 Å². The van der Waals surface area contributed by atoms with Gasteiger partial charge in [0.1, 0.15) is 17.1 Å². The van der Waals surface area contributed by atoms with Crippen molar-refractivity contribution in [1.29, 1.82) is 0 Å². The van der Waals surface area contributed by atoms with Crippen molar-refractivity contribution >= 4 is 34.2 Å². The Bertz CT molecular complexity index is 1870. The minimum atomic E-state index is -0.471. The van der Waals surface area contributed by atoms with Crippen LogP contribution in [0, 0.1) is 11.8 Å². The molecule has 3 heterocycles. The maximum atomic E-state index is 15.0. The van der Waals surface area contributed by atoms with Crippen molar-refractivity contribution in [2.45, 2.75) is 184 Å². The number of anilines is 2. The highest BCUT2D eigenvalue weighted by Crippen LogP contribution is 2.52. The van der Waals surface area contributed by atoms with Crippen LogP contribution in [0.3, 0.4) is 0 Å². The summed E-state index contributed by atoms with van der Waals surface area (Å²) in [6.07, 6.45) is 19.6. The Morgan fingerprint density at radius 1 is 0.966 bits per heavy atom. The number of unbranched alkanes of at least 4 members (excludes halogenated alkanes) is 4. The van der Waals surface area contributed by atoms with Gasteiger partial charge in [0, 0.05) is 29.3 Å². The molecule has 0 spiro atoms. The molecule has 1 aliphatic heterocycles. The maximum Gasteiger partial charge on any atom is 0.237 e. The molecule has 2 aliphatic rings. The van der Waals surface area contributed by atoms with E-state index in [4.69, 9.17) is 9.97 Å². The number of allylic oxidation sites excluding steroid dienone is 4. The number of carbonyl (C=O) groups is 2. The second-order valence-electron chi connectivity index (χ2n) is 17.2. The molecule has 0 saturated heterocycles. The molecule has 5 rings (SSSR count). The largest absolute Gasteiger partial charge is 0.336 e. The number of imidazole rings is 1. The maximum absolute atomic E-state index is 15.0. The fourth-order valence-electron chi connectivity index (χ4n) is 8.16. The molecule has 1 aliphatic carbocycles. The summed E-state index contributed by atoms with van der Waals surface area (Å²) in [5.74, 6) is 1.58. The van der Waals surface area contributed by atoms with E-state index in [1.54, 1.807) is 13.0 Å². The summed E-state index contributed by atoms with van der Waals surface area (Å²) in [5, 5.41) is 3.28. The standard InChI is InChI=1S/C37H48FN5O.C7H16.C6H12O/c1-9-15-37(16-10-2)28-14-13-26(20-33(28)43(36(37)44)27-18-25(11-3)19-27)30-21-32-34(42(22-39-32)24(7)8)35(40-30)41-31(17-23(5)6)29(38)12-4;1-3-5-7-6-4-2;1-4-5(2)6(3)7/h12-14,17,20-22,24-25,27H,4,9-11,15-16,18-19H2,1-3,5-8H3,(H,40,41);3-7H2,1-2H3;5H,4H2,1-3H3/b31-29-;;. The van der Waals surface area contributed by atoms with E-state index in [0.717, 1.165) is 90.5 Å². The molecule has 3 aromatic rings. The highest BCUT2D eigenvalue weighted by molar-refractivity contribution is 6.09. The van der Waals surface area contributed by atoms with Gasteiger partial charge in [-0.2, -0.15) is 0 Å². The van der Waals surface area contributed by atoms with Crippen LogP contribution < -0.4 is 10.2 Å². The van der Waals surface area contributed by atoms with Crippen molar-refractivity contribution in [3.63, 3.8) is 0 Å². The third-order valence-electron chi connectivity index (χ3n) is 11.9. The molecule has 2 aromatic heterocycles. The summed E-state index contributed by atoms with van der Waals surface area (Å²) < 4.78 is 17.1. The molecule has 1 aromatic carbocycles. The molecule has 1 atom stereocenters. The summed E-state index contributed by atoms with van der Waals surface area (Å²) in [5.41, 5.74) is 6.17. The molecule has 320 valence electrons. The van der Waals surface area contributed by atoms with Gasteiger partial charge in [0.2, 0.25) is 5.91 Å². The number of pyridine rings is 1. The summed E-state index contributed by atoms with van der Waals surface area (Å²) in [6.45, 7) is 28.4. The number of hydrogen-bond donors (Lipinski definition) is 1. The van der Waals surface area contributed by atoms with Gasteiger partial charge in [-0.25, -0.2) is 14.4 Å². The quantitative estimate of drug-likeness (QED) is 0.102. The van der Waals surface area contributed by atoms with Crippen LogP contribution in [0.4, 0.5) is 15.9 Å². The molecular formula is C50H76FN5O2. The van der Waals surface area contributed by atoms with Crippen molar-refractivity contribution in [2.24, 2.45) is 11.8 Å². The molecule has 1 N–H and O–H groups in total. The van der Waals surface area contributed by atoms with Crippen LogP contribution in [0.1, 0.15) is 178 Å². The summed E-state index contributed by atoms with van der Waals surface area (Å²) in [4.78, 5) is 36.7. The molecule has 58 heavy (non-hydrogen) atoms. The topological polar surface area (TPSA) is 80.1 Å². The van der Waals surface area contributed by atoms with Gasteiger partial charge in [-0.1, -0.05) is 124 Å². The number of nitrogens with zero attached hydrogens (tertiary/aromatic N) is 4. The summed E-state index contributed by atoms with van der Waals surface area (Å²) >= 11 is 0. The van der Waals surface area contributed by atoms with Gasteiger partial charge in [-0.3, -0.25) is 9.59 Å². The molecule has 1 fully saturated rings. The van der Waals surface area contributed by atoms with Gasteiger partial charge < -0.3 is 14.8 Å². The Morgan fingerprint density at radius 2 is 1.60 bits per heavy atom. The average molecular weight is 798 g/mol. The Hall–Kier alpha value is -4.07. The van der Waals surface area contributed by atoms with Crippen LogP contribution in [0.15, 0.2) is 66.4 Å². The van der Waals surface area contributed by atoms with Gasteiger partial charge in [0.15, 0.2) is 5.82 Å². The molecule has 7 nitrogen and oxygen atoms in total. The zero-order chi connectivity index (χ0) is 43.2. The molecule has 1 saturated carbocycles. The van der Waals surface area contributed by atoms with Crippen LogP contribution in [-0.2, 0) is 15.0 Å². The number of halogens is 1. The van der Waals surface area contributed by atoms with Gasteiger partial charge in [0.25, 0.3) is 0 Å². The third kappa shape index (κ3) is 11.6. The lowest BCUT2D eigenvalue weighted by molar-refractivity contribution is -0.125. The van der Waals surface area contributed by atoms with E-state index in [0.29, 0.717) is 23.2 Å². The van der Waals surface area contributed by atoms with E-state index in [-0.39, 0.29) is 23.9 Å². The van der Waals surface area contributed by atoms with Crippen LogP contribution in [0.5, 0.6) is 0 Å². The monoisotopic (exact) mass is 798 g/mol. The first-order chi connectivity index (χ1) is 27.7. The highest BCUT2D eigenvalue weighted by Gasteiger charge is 2.53. The number of amides is 1. The Morgan fingerprint density at radius 3 is 2.09 bits per heavy atom. The molecule has 1 amide bonds. The molecular weight excluding hydrogens is 722 g/mol. The van der Waals surface area contributed by atoms with E-state index in [1.165, 1.54) is 38.2 Å². The lowest BCUT2D eigenvalue weighted by atomic mass is 9.73. The second kappa shape index (κ2) is 22.9. The second-order valence-corrected chi connectivity index (χ2v) is 17.2. The van der Waals surface area contributed by atoms with Crippen molar-refractivity contribution in [3.8, 4) is 11.3 Å². The average Bonchev–Trinajstić information content (AvgIpc) is 3.71. The van der Waals surface area contributed by atoms with Gasteiger partial charge in [-0.15, -0.1) is 0 Å². The van der Waals surface area contributed by atoms with Crippen LogP contribution in [0.25, 0.3) is 22.3 Å². The first-order valence-electron chi connectivity index (χ1n) is 22.5. The third-order valence-corrected chi connectivity index (χ3v) is 11.9. The first kappa shape index (κ1) is 48.3. The van der Waals surface area contributed by atoms with Gasteiger partial charge >= 0.3 is 0 Å². The van der Waals surface area contributed by atoms with Crippen molar-refractivity contribution in [2.75, 3.05) is 10.2 Å². The number of benzene rings is 1. The van der Waals surface area contributed by atoms with Crippen LogP contribution >= 0.6 is 0 Å². The number of carbonyl (C=O) groups excluding carboxylic acids is 2. The number of fused-ring (bicyclic) bond motifs is 2. The first-order valence-corrected chi connectivity index (χ1v) is 22.5. The lowest BCUT2D eigenvalue weighted by Crippen LogP contribution is -2.50. The van der Waals surface area contributed by atoms with E-state index in [1.807, 2.05) is 44.7 Å². The predicted octanol–water partition coefficient (Wildman–Crippen LogP) is 14.4. The zero-order valence-electron chi connectivity index (χ0n) is 38.2. The molecule has 0 bridgehead atoms. The van der Waals surface area contributed by atoms with Gasteiger partial charge in [-0.05, 0) is 102 Å². The predicted molar refractivity (Wildman–Crippen MR) is 245 cm³/mol. The number of rotatable bonds is 18. The zero-order valence-corrected chi connectivity index (χ0v) is 38.2. The minimum absolute atomic E-state index is 0.132. The SMILES string of the molecule is C=C/C(F)=C(\C=C(C)C)Nc1nc(-c2ccc3c(c2)N(C2CC(CC)C2)C(=O)C3(CCC)CCC)cc2ncn(C(C)C)c12.CCC(C)C(C)=O.CCCCCCC. The summed E-state index contributed by atoms with van der Waals surface area (Å²) in [6, 6.07) is 8.80. The van der Waals surface area contributed by atoms with Gasteiger partial charge in [0.05, 0.1) is 28.6 Å². The number of hydrogen-bond acceptors (Lipinski definition) is 5. The Kier molecular flexibility index (Phi) is 19.1. The normalized spacial score (nSPS) is 17.6. The van der Waals surface area contributed by atoms with E-state index in [2.05, 4.69) is 83.5 Å². The highest BCUT2D eigenvalue weighted by atomic mass is 19.1. The number of ketones is 1. The molecule has 1 unspecified atom stereocenters. The molecule has 8 heteroatoms. The number of Topliss-reactive ketones (excluding diaryl/α,β-unsaturated/α-hetero) is 1. The van der Waals surface area contributed by atoms with Crippen LogP contribution in [-0.4, -0.2) is 32.3 Å². The lowest BCUT2D eigenvalue weighted by Gasteiger charge is -2.42. The Balaban J connectivity index is 0.000000550. The fraction of sp³-hybridized carbons (Fsp3) is 0.600. The van der Waals surface area contributed by atoms with Crippen molar-refractivity contribution in [1.82, 2.24) is 14.5 Å².